The van der Waals surface area contributed by atoms with E-state index in [0.717, 1.165) is 0 Å². The molecular formula is C10H12N2O4. The summed E-state index contributed by atoms with van der Waals surface area (Å²) in [6.07, 6.45) is 0. The maximum atomic E-state index is 11.0. The first-order chi connectivity index (χ1) is 7.26. The number of aryl methyl sites for hydroxylation is 1. The molecule has 0 saturated carbocycles. The van der Waals surface area contributed by atoms with E-state index in [2.05, 4.69) is 4.98 Å². The van der Waals surface area contributed by atoms with Crippen molar-refractivity contribution in [2.75, 3.05) is 0 Å². The molecule has 0 amide bonds. The van der Waals surface area contributed by atoms with Gasteiger partial charge in [-0.1, -0.05) is 0 Å². The van der Waals surface area contributed by atoms with Gasteiger partial charge in [-0.3, -0.25) is 14.9 Å². The summed E-state index contributed by atoms with van der Waals surface area (Å²) in [7, 11) is 0. The molecule has 0 atom stereocenters. The van der Waals surface area contributed by atoms with Crippen molar-refractivity contribution < 1.29 is 14.8 Å². The average molecular weight is 224 g/mol. The van der Waals surface area contributed by atoms with Gasteiger partial charge in [0.25, 0.3) is 5.69 Å². The van der Waals surface area contributed by atoms with Gasteiger partial charge in [-0.05, 0) is 26.8 Å². The summed E-state index contributed by atoms with van der Waals surface area (Å²) in [5.74, 6) is -1.14. The van der Waals surface area contributed by atoms with Crippen LogP contribution in [0.1, 0.15) is 25.2 Å². The molecule has 0 radical (unpaired) electrons. The third kappa shape index (κ3) is 2.00. The molecule has 0 bridgehead atoms. The van der Waals surface area contributed by atoms with Crippen LogP contribution in [0.2, 0.25) is 0 Å². The number of carbonyl (C=O) groups is 1. The second-order valence-electron chi connectivity index (χ2n) is 4.01. The van der Waals surface area contributed by atoms with Crippen LogP contribution in [0.4, 0.5) is 5.69 Å². The smallest absolute Gasteiger partial charge is 0.315 e. The van der Waals surface area contributed by atoms with Crippen LogP contribution >= 0.6 is 0 Å². The second-order valence-corrected chi connectivity index (χ2v) is 4.01. The van der Waals surface area contributed by atoms with Gasteiger partial charge in [-0.2, -0.15) is 0 Å². The molecule has 0 fully saturated rings. The molecule has 0 aromatic carbocycles. The van der Waals surface area contributed by atoms with E-state index >= 15 is 0 Å². The third-order valence-corrected chi connectivity index (χ3v) is 2.34. The van der Waals surface area contributed by atoms with Gasteiger partial charge in [0, 0.05) is 11.8 Å². The van der Waals surface area contributed by atoms with E-state index in [1.807, 2.05) is 0 Å². The van der Waals surface area contributed by atoms with E-state index in [0.29, 0.717) is 5.69 Å². The van der Waals surface area contributed by atoms with Crippen LogP contribution in [-0.4, -0.2) is 21.0 Å². The number of pyridine rings is 1. The van der Waals surface area contributed by atoms with Crippen molar-refractivity contribution in [3.05, 3.63) is 33.6 Å². The van der Waals surface area contributed by atoms with E-state index in [-0.39, 0.29) is 11.4 Å². The first kappa shape index (κ1) is 12.1. The lowest BCUT2D eigenvalue weighted by Crippen LogP contribution is -2.30. The molecule has 1 aromatic rings. The van der Waals surface area contributed by atoms with Crippen molar-refractivity contribution >= 4 is 11.7 Å². The second kappa shape index (κ2) is 3.88. The van der Waals surface area contributed by atoms with Gasteiger partial charge in [-0.25, -0.2) is 4.98 Å². The lowest BCUT2D eigenvalue weighted by Gasteiger charge is -2.18. The number of carboxylic acids is 1. The van der Waals surface area contributed by atoms with Gasteiger partial charge >= 0.3 is 5.97 Å². The summed E-state index contributed by atoms with van der Waals surface area (Å²) in [6.45, 7) is 4.44. The molecule has 1 heterocycles. The van der Waals surface area contributed by atoms with Gasteiger partial charge < -0.3 is 5.11 Å². The quantitative estimate of drug-likeness (QED) is 0.622. The van der Waals surface area contributed by atoms with Crippen LogP contribution in [0.15, 0.2) is 12.1 Å². The Hall–Kier alpha value is -1.98. The number of hydrogen-bond acceptors (Lipinski definition) is 4. The topological polar surface area (TPSA) is 93.3 Å². The predicted octanol–water partition coefficient (Wildman–Crippen LogP) is 1.66. The van der Waals surface area contributed by atoms with E-state index in [1.165, 1.54) is 26.0 Å². The average Bonchev–Trinajstić information content (AvgIpc) is 2.16. The molecular weight excluding hydrogens is 212 g/mol. The Morgan fingerprint density at radius 3 is 2.50 bits per heavy atom. The van der Waals surface area contributed by atoms with Gasteiger partial charge in [0.05, 0.1) is 4.92 Å². The van der Waals surface area contributed by atoms with Crippen LogP contribution < -0.4 is 0 Å². The fraction of sp³-hybridized carbons (Fsp3) is 0.400. The lowest BCUT2D eigenvalue weighted by molar-refractivity contribution is -0.386. The molecule has 1 aromatic heterocycles. The molecule has 6 heteroatoms. The van der Waals surface area contributed by atoms with Crippen LogP contribution in [0.5, 0.6) is 0 Å². The predicted molar refractivity (Wildman–Crippen MR) is 56.3 cm³/mol. The molecule has 0 saturated heterocycles. The fourth-order valence-electron chi connectivity index (χ4n) is 1.26. The Labute approximate surface area is 92.1 Å². The highest BCUT2D eigenvalue weighted by Crippen LogP contribution is 2.30. The van der Waals surface area contributed by atoms with E-state index < -0.39 is 16.3 Å². The third-order valence-electron chi connectivity index (χ3n) is 2.34. The van der Waals surface area contributed by atoms with E-state index in [1.54, 1.807) is 6.92 Å². The molecule has 0 spiro atoms. The summed E-state index contributed by atoms with van der Waals surface area (Å²) in [5, 5.41) is 19.8. The van der Waals surface area contributed by atoms with Crippen LogP contribution in [0.3, 0.4) is 0 Å². The van der Waals surface area contributed by atoms with E-state index in [4.69, 9.17) is 5.11 Å². The number of nitrogens with zero attached hydrogens (tertiary/aromatic N) is 2. The fourth-order valence-corrected chi connectivity index (χ4v) is 1.26. The maximum absolute atomic E-state index is 11.0. The Morgan fingerprint density at radius 1 is 1.50 bits per heavy atom. The highest BCUT2D eigenvalue weighted by atomic mass is 16.6. The highest BCUT2D eigenvalue weighted by Gasteiger charge is 2.37. The summed E-state index contributed by atoms with van der Waals surface area (Å²) in [6, 6.07) is 2.77. The van der Waals surface area contributed by atoms with Gasteiger partial charge in [0.15, 0.2) is 0 Å². The van der Waals surface area contributed by atoms with Crippen molar-refractivity contribution in [1.82, 2.24) is 4.98 Å². The van der Waals surface area contributed by atoms with Crippen molar-refractivity contribution in [2.45, 2.75) is 26.2 Å². The molecule has 0 aliphatic heterocycles. The zero-order valence-corrected chi connectivity index (χ0v) is 9.22. The zero-order chi connectivity index (χ0) is 12.5. The molecule has 0 unspecified atom stereocenters. The first-order valence-electron chi connectivity index (χ1n) is 4.62. The van der Waals surface area contributed by atoms with Crippen molar-refractivity contribution in [1.29, 1.82) is 0 Å². The lowest BCUT2D eigenvalue weighted by atomic mass is 9.88. The number of aliphatic carboxylic acids is 1. The minimum absolute atomic E-state index is 0.0231. The summed E-state index contributed by atoms with van der Waals surface area (Å²) < 4.78 is 0. The SMILES string of the molecule is Cc1ccc([N+](=O)[O-])c(C(C)(C)C(=O)O)n1. The van der Waals surface area contributed by atoms with Crippen LogP contribution in [-0.2, 0) is 10.2 Å². The Morgan fingerprint density at radius 2 is 2.06 bits per heavy atom. The Bertz CT molecular complexity index is 454. The molecule has 16 heavy (non-hydrogen) atoms. The standard InChI is InChI=1S/C10H12N2O4/c1-6-4-5-7(12(15)16)8(11-6)10(2,3)9(13)14/h4-5H,1-3H3,(H,13,14). The molecule has 86 valence electrons. The van der Waals surface area contributed by atoms with Crippen LogP contribution in [0, 0.1) is 17.0 Å². The molecule has 0 aliphatic carbocycles. The summed E-state index contributed by atoms with van der Waals surface area (Å²) in [4.78, 5) is 25.2. The molecule has 1 N–H and O–H groups in total. The maximum Gasteiger partial charge on any atom is 0.315 e. The van der Waals surface area contributed by atoms with Crippen LogP contribution in [0.25, 0.3) is 0 Å². The Balaban J connectivity index is 3.47. The first-order valence-corrected chi connectivity index (χ1v) is 4.62. The zero-order valence-electron chi connectivity index (χ0n) is 9.22. The monoisotopic (exact) mass is 224 g/mol. The number of hydrogen-bond donors (Lipinski definition) is 1. The largest absolute Gasteiger partial charge is 0.481 e. The summed E-state index contributed by atoms with van der Waals surface area (Å²) >= 11 is 0. The van der Waals surface area contributed by atoms with Crippen molar-refractivity contribution in [3.63, 3.8) is 0 Å². The van der Waals surface area contributed by atoms with E-state index in [9.17, 15) is 14.9 Å². The molecule has 0 aliphatic rings. The minimum Gasteiger partial charge on any atom is -0.481 e. The van der Waals surface area contributed by atoms with Gasteiger partial charge in [0.1, 0.15) is 11.1 Å². The number of aromatic nitrogens is 1. The molecule has 1 rings (SSSR count). The van der Waals surface area contributed by atoms with Crippen molar-refractivity contribution in [3.8, 4) is 0 Å². The number of carboxylic acid groups (broad SMARTS) is 1. The minimum atomic E-state index is -1.38. The molecule has 6 nitrogen and oxygen atoms in total. The number of nitro groups is 1. The van der Waals surface area contributed by atoms with Crippen molar-refractivity contribution in [2.24, 2.45) is 0 Å². The normalized spacial score (nSPS) is 11.2. The Kier molecular flexibility index (Phi) is 2.93. The summed E-state index contributed by atoms with van der Waals surface area (Å²) in [5.41, 5.74) is -1.12. The van der Waals surface area contributed by atoms with Gasteiger partial charge in [0.2, 0.25) is 0 Å². The van der Waals surface area contributed by atoms with Gasteiger partial charge in [-0.15, -0.1) is 0 Å². The number of rotatable bonds is 3. The highest BCUT2D eigenvalue weighted by molar-refractivity contribution is 5.81.